The molecule has 1 atom stereocenters. The summed E-state index contributed by atoms with van der Waals surface area (Å²) in [5.74, 6) is -0.647. The van der Waals surface area contributed by atoms with E-state index in [1.807, 2.05) is 65.7 Å². The van der Waals surface area contributed by atoms with E-state index in [2.05, 4.69) is 34.8 Å². The van der Waals surface area contributed by atoms with E-state index in [1.54, 1.807) is 6.07 Å². The number of para-hydroxylation sites is 1. The van der Waals surface area contributed by atoms with Crippen molar-refractivity contribution >= 4 is 29.2 Å². The Labute approximate surface area is 213 Å². The van der Waals surface area contributed by atoms with Crippen LogP contribution in [0.5, 0.6) is 0 Å². The Morgan fingerprint density at radius 3 is 2.27 bits per heavy atom. The summed E-state index contributed by atoms with van der Waals surface area (Å²) in [7, 11) is 0. The van der Waals surface area contributed by atoms with Crippen molar-refractivity contribution in [2.75, 3.05) is 5.01 Å². The maximum Gasteiger partial charge on any atom is 0.282 e. The van der Waals surface area contributed by atoms with Gasteiger partial charge in [-0.25, -0.2) is 5.43 Å². The first-order valence-corrected chi connectivity index (χ1v) is 11.7. The van der Waals surface area contributed by atoms with Crippen LogP contribution in [-0.2, 0) is 0 Å². The van der Waals surface area contributed by atoms with Gasteiger partial charge >= 0.3 is 0 Å². The number of hydrogen-bond donors (Lipinski definition) is 1. The summed E-state index contributed by atoms with van der Waals surface area (Å²) >= 11 is 0. The molecule has 1 heterocycles. The van der Waals surface area contributed by atoms with Gasteiger partial charge in [0, 0.05) is 12.5 Å². The van der Waals surface area contributed by atoms with Gasteiger partial charge in [-0.1, -0.05) is 84.9 Å². The number of amides is 1. The van der Waals surface area contributed by atoms with Crippen LogP contribution in [0.1, 0.15) is 39.5 Å². The van der Waals surface area contributed by atoms with Gasteiger partial charge < -0.3 is 0 Å². The summed E-state index contributed by atoms with van der Waals surface area (Å²) in [6.45, 7) is 0. The molecule has 0 aromatic heterocycles. The van der Waals surface area contributed by atoms with Crippen LogP contribution in [0, 0.1) is 10.1 Å². The lowest BCUT2D eigenvalue weighted by Gasteiger charge is -2.24. The molecule has 4 aromatic rings. The molecular weight excluding hydrogens is 466 g/mol. The lowest BCUT2D eigenvalue weighted by molar-refractivity contribution is -0.385. The van der Waals surface area contributed by atoms with Crippen LogP contribution < -0.4 is 10.4 Å². The zero-order chi connectivity index (χ0) is 25.6. The van der Waals surface area contributed by atoms with Crippen molar-refractivity contribution in [1.82, 2.24) is 5.43 Å². The molecule has 0 fully saturated rings. The first-order chi connectivity index (χ1) is 18.1. The number of nitrogens with zero attached hydrogens (tertiary/aromatic N) is 4. The first kappa shape index (κ1) is 23.6. The molecule has 1 amide bonds. The number of rotatable bonds is 7. The van der Waals surface area contributed by atoms with E-state index in [-0.39, 0.29) is 17.3 Å². The Bertz CT molecular complexity index is 1470. The average molecular weight is 490 g/mol. The fourth-order valence-corrected chi connectivity index (χ4v) is 4.25. The summed E-state index contributed by atoms with van der Waals surface area (Å²) in [4.78, 5) is 22.9. The quantitative estimate of drug-likeness (QED) is 0.204. The Balaban J connectivity index is 1.33. The van der Waals surface area contributed by atoms with Crippen LogP contribution >= 0.6 is 0 Å². The number of carbonyl (C=O) groups excluding carboxylic acids is 1. The average Bonchev–Trinajstić information content (AvgIpc) is 3.40. The normalized spacial score (nSPS) is 15.0. The largest absolute Gasteiger partial charge is 0.282 e. The molecule has 0 bridgehead atoms. The van der Waals surface area contributed by atoms with Gasteiger partial charge in [-0.3, -0.25) is 19.9 Å². The van der Waals surface area contributed by atoms with Crippen LogP contribution in [0.2, 0.25) is 0 Å². The molecule has 1 aliphatic rings. The van der Waals surface area contributed by atoms with Crippen LogP contribution in [0.3, 0.4) is 0 Å². The van der Waals surface area contributed by atoms with Crippen molar-refractivity contribution < 1.29 is 9.72 Å². The van der Waals surface area contributed by atoms with Gasteiger partial charge in [0.15, 0.2) is 0 Å². The van der Waals surface area contributed by atoms with Crippen LogP contribution in [0.15, 0.2) is 119 Å². The minimum absolute atomic E-state index is 0.0481. The van der Waals surface area contributed by atoms with Crippen LogP contribution in [0.25, 0.3) is 0 Å². The van der Waals surface area contributed by atoms with E-state index in [4.69, 9.17) is 5.10 Å². The number of nitrogens with one attached hydrogen (secondary N) is 1. The predicted octanol–water partition coefficient (Wildman–Crippen LogP) is 5.71. The number of nitro benzene ring substituents is 1. The molecule has 8 heteroatoms. The molecule has 1 aliphatic heterocycles. The lowest BCUT2D eigenvalue weighted by atomic mass is 9.98. The summed E-state index contributed by atoms with van der Waals surface area (Å²) in [5, 5.41) is 22.1. The number of nitro groups is 1. The molecule has 0 spiro atoms. The van der Waals surface area contributed by atoms with E-state index >= 15 is 0 Å². The van der Waals surface area contributed by atoms with Gasteiger partial charge in [0.2, 0.25) is 0 Å². The van der Waals surface area contributed by atoms with Crippen LogP contribution in [0.4, 0.5) is 11.4 Å². The van der Waals surface area contributed by atoms with Crippen molar-refractivity contribution in [2.45, 2.75) is 12.5 Å². The van der Waals surface area contributed by atoms with Crippen molar-refractivity contribution in [1.29, 1.82) is 0 Å². The Hall–Kier alpha value is -5.11. The maximum absolute atomic E-state index is 12.4. The second-order valence-corrected chi connectivity index (χ2v) is 8.45. The SMILES string of the molecule is O=C(NN=Cc1ccc(N2N=C(c3ccccc3)CC2c2ccccc2)cc1)c1ccccc1[N+](=O)[O-]. The number of hydrazone groups is 2. The van der Waals surface area contributed by atoms with Crippen molar-refractivity contribution in [3.63, 3.8) is 0 Å². The van der Waals surface area contributed by atoms with E-state index in [9.17, 15) is 14.9 Å². The second kappa shape index (κ2) is 10.7. The van der Waals surface area contributed by atoms with Gasteiger partial charge in [-0.2, -0.15) is 10.2 Å². The molecule has 1 N–H and O–H groups in total. The molecule has 0 aliphatic carbocycles. The third-order valence-corrected chi connectivity index (χ3v) is 6.08. The van der Waals surface area contributed by atoms with E-state index in [0.717, 1.165) is 28.9 Å². The maximum atomic E-state index is 12.4. The first-order valence-electron chi connectivity index (χ1n) is 11.7. The lowest BCUT2D eigenvalue weighted by Crippen LogP contribution is -2.19. The highest BCUT2D eigenvalue weighted by Crippen LogP contribution is 2.36. The zero-order valence-corrected chi connectivity index (χ0v) is 19.8. The van der Waals surface area contributed by atoms with E-state index < -0.39 is 10.8 Å². The zero-order valence-electron chi connectivity index (χ0n) is 19.8. The molecule has 8 nitrogen and oxygen atoms in total. The van der Waals surface area contributed by atoms with Gasteiger partial charge in [-0.05, 0) is 34.9 Å². The molecule has 1 unspecified atom stereocenters. The number of anilines is 1. The Morgan fingerprint density at radius 1 is 0.919 bits per heavy atom. The number of hydrogen-bond acceptors (Lipinski definition) is 6. The molecular formula is C29H23N5O3. The smallest absolute Gasteiger partial charge is 0.267 e. The van der Waals surface area contributed by atoms with Gasteiger partial charge in [0.25, 0.3) is 11.6 Å². The van der Waals surface area contributed by atoms with E-state index in [0.29, 0.717) is 0 Å². The standard InChI is InChI=1S/C29H23N5O3/c35-29(25-13-7-8-14-27(25)34(36)37)31-30-20-21-15-17-24(18-16-21)33-28(23-11-5-2-6-12-23)19-26(32-33)22-9-3-1-4-10-22/h1-18,20,28H,19H2,(H,31,35). The highest BCUT2D eigenvalue weighted by Gasteiger charge is 2.29. The molecule has 37 heavy (non-hydrogen) atoms. The molecule has 5 rings (SSSR count). The Kier molecular flexibility index (Phi) is 6.80. The molecule has 0 saturated carbocycles. The van der Waals surface area contributed by atoms with Crippen molar-refractivity contribution in [3.05, 3.63) is 142 Å². The third kappa shape index (κ3) is 5.28. The highest BCUT2D eigenvalue weighted by atomic mass is 16.6. The summed E-state index contributed by atoms with van der Waals surface area (Å²) in [6, 6.07) is 34.0. The number of benzene rings is 4. The second-order valence-electron chi connectivity index (χ2n) is 8.45. The number of carbonyl (C=O) groups is 1. The molecule has 0 radical (unpaired) electrons. The fourth-order valence-electron chi connectivity index (χ4n) is 4.25. The van der Waals surface area contributed by atoms with Gasteiger partial charge in [-0.15, -0.1) is 0 Å². The van der Waals surface area contributed by atoms with Crippen LogP contribution in [-0.4, -0.2) is 22.8 Å². The third-order valence-electron chi connectivity index (χ3n) is 6.08. The Morgan fingerprint density at radius 2 is 1.57 bits per heavy atom. The van der Waals surface area contributed by atoms with E-state index in [1.165, 1.54) is 30.0 Å². The monoisotopic (exact) mass is 489 g/mol. The molecule has 182 valence electrons. The van der Waals surface area contributed by atoms with Crippen molar-refractivity contribution in [3.8, 4) is 0 Å². The highest BCUT2D eigenvalue weighted by molar-refractivity contribution is 6.03. The van der Waals surface area contributed by atoms with Gasteiger partial charge in [0.05, 0.1) is 28.6 Å². The molecule has 0 saturated heterocycles. The van der Waals surface area contributed by atoms with Crippen molar-refractivity contribution in [2.24, 2.45) is 10.2 Å². The summed E-state index contributed by atoms with van der Waals surface area (Å²) < 4.78 is 0. The summed E-state index contributed by atoms with van der Waals surface area (Å²) in [5.41, 5.74) is 7.04. The minimum atomic E-state index is -0.647. The minimum Gasteiger partial charge on any atom is -0.267 e. The fraction of sp³-hybridized carbons (Fsp3) is 0.0690. The predicted molar refractivity (Wildman–Crippen MR) is 144 cm³/mol. The van der Waals surface area contributed by atoms with Gasteiger partial charge in [0.1, 0.15) is 5.56 Å². The topological polar surface area (TPSA) is 100 Å². The molecule has 4 aromatic carbocycles. The summed E-state index contributed by atoms with van der Waals surface area (Å²) in [6.07, 6.45) is 2.28.